The monoisotopic (exact) mass is 297 g/mol. The van der Waals surface area contributed by atoms with E-state index in [1.807, 2.05) is 24.4 Å². The Hall–Kier alpha value is -1.27. The van der Waals surface area contributed by atoms with Gasteiger partial charge in [-0.1, -0.05) is 13.0 Å². The molecular weight excluding hydrogens is 282 g/mol. The van der Waals surface area contributed by atoms with Crippen LogP contribution >= 0.6 is 23.1 Å². The zero-order valence-corrected chi connectivity index (χ0v) is 12.4. The predicted octanol–water partition coefficient (Wildman–Crippen LogP) is 3.59. The first-order valence-electron chi connectivity index (χ1n) is 5.86. The molecule has 6 heteroatoms. The van der Waals surface area contributed by atoms with Gasteiger partial charge in [0.25, 0.3) is 0 Å². The van der Waals surface area contributed by atoms with Crippen LogP contribution in [0.25, 0.3) is 10.6 Å². The number of aromatic nitrogens is 1. The Morgan fingerprint density at radius 1 is 1.63 bits per heavy atom. The number of hydrogen-bond acceptors (Lipinski definition) is 6. The highest BCUT2D eigenvalue weighted by Crippen LogP contribution is 2.27. The molecule has 2 heterocycles. The molecule has 0 N–H and O–H groups in total. The highest BCUT2D eigenvalue weighted by molar-refractivity contribution is 7.99. The van der Waals surface area contributed by atoms with Crippen LogP contribution in [0.5, 0.6) is 0 Å². The molecule has 2 rings (SSSR count). The minimum absolute atomic E-state index is 0.185. The molecule has 0 saturated carbocycles. The smallest absolute Gasteiger partial charge is 0.306 e. The summed E-state index contributed by atoms with van der Waals surface area (Å²) in [6.07, 6.45) is 2.15. The number of carbonyl (C=O) groups excluding carboxylic acids is 1. The van der Waals surface area contributed by atoms with Gasteiger partial charge in [-0.2, -0.15) is 0 Å². The molecule has 0 bridgehead atoms. The number of hydrogen-bond donors (Lipinski definition) is 0. The summed E-state index contributed by atoms with van der Waals surface area (Å²) in [6.45, 7) is 1.99. The molecule has 0 saturated heterocycles. The average Bonchev–Trinajstić information content (AvgIpc) is 3.06. The van der Waals surface area contributed by atoms with Gasteiger partial charge < -0.3 is 9.15 Å². The number of ether oxygens (including phenoxy) is 1. The van der Waals surface area contributed by atoms with Crippen molar-refractivity contribution in [1.29, 1.82) is 0 Å². The van der Waals surface area contributed by atoms with Crippen molar-refractivity contribution >= 4 is 29.1 Å². The van der Waals surface area contributed by atoms with E-state index >= 15 is 0 Å². The fraction of sp³-hybridized carbons (Fsp3) is 0.385. The second-order valence-corrected chi connectivity index (χ2v) is 6.37. The van der Waals surface area contributed by atoms with Gasteiger partial charge in [0.1, 0.15) is 0 Å². The maximum atomic E-state index is 11.1. The van der Waals surface area contributed by atoms with Crippen LogP contribution in [0.4, 0.5) is 0 Å². The number of esters is 1. The molecular formula is C13H15NO3S2. The number of thioether (sulfide) groups is 1. The largest absolute Gasteiger partial charge is 0.469 e. The summed E-state index contributed by atoms with van der Waals surface area (Å²) < 4.78 is 10.3. The van der Waals surface area contributed by atoms with Crippen LogP contribution in [0.2, 0.25) is 0 Å². The van der Waals surface area contributed by atoms with Crippen LogP contribution < -0.4 is 0 Å². The number of oxazole rings is 1. The molecule has 2 aromatic rings. The van der Waals surface area contributed by atoms with Crippen LogP contribution in [0.1, 0.15) is 19.2 Å². The van der Waals surface area contributed by atoms with Crippen molar-refractivity contribution in [3.05, 3.63) is 29.6 Å². The summed E-state index contributed by atoms with van der Waals surface area (Å²) in [7, 11) is 1.40. The zero-order valence-electron chi connectivity index (χ0n) is 10.8. The van der Waals surface area contributed by atoms with Crippen LogP contribution in [0.15, 0.2) is 28.1 Å². The number of thiophene rings is 1. The third kappa shape index (κ3) is 4.11. The molecule has 0 amide bonds. The summed E-state index contributed by atoms with van der Waals surface area (Å²) in [6, 6.07) is 3.98. The maximum absolute atomic E-state index is 11.1. The molecule has 19 heavy (non-hydrogen) atoms. The van der Waals surface area contributed by atoms with E-state index in [-0.39, 0.29) is 11.2 Å². The minimum atomic E-state index is -0.188. The van der Waals surface area contributed by atoms with Crippen molar-refractivity contribution in [3.8, 4) is 10.6 Å². The van der Waals surface area contributed by atoms with Gasteiger partial charge in [0.15, 0.2) is 5.76 Å². The lowest BCUT2D eigenvalue weighted by atomic mass is 10.3. The zero-order chi connectivity index (χ0) is 13.7. The van der Waals surface area contributed by atoms with E-state index in [2.05, 4.69) is 9.72 Å². The number of rotatable bonds is 6. The van der Waals surface area contributed by atoms with Gasteiger partial charge in [-0.15, -0.1) is 23.1 Å². The van der Waals surface area contributed by atoms with Gasteiger partial charge >= 0.3 is 5.97 Å². The molecule has 102 valence electrons. The Kier molecular flexibility index (Phi) is 5.04. The van der Waals surface area contributed by atoms with E-state index in [0.717, 1.165) is 10.6 Å². The van der Waals surface area contributed by atoms with Gasteiger partial charge in [0, 0.05) is 5.25 Å². The summed E-state index contributed by atoms with van der Waals surface area (Å²) in [4.78, 5) is 16.4. The second-order valence-electron chi connectivity index (χ2n) is 4.00. The van der Waals surface area contributed by atoms with E-state index in [1.165, 1.54) is 7.11 Å². The Labute approximate surface area is 120 Å². The molecule has 0 radical (unpaired) electrons. The van der Waals surface area contributed by atoms with Crippen LogP contribution in [-0.2, 0) is 15.3 Å². The fourth-order valence-electron chi connectivity index (χ4n) is 1.50. The van der Waals surface area contributed by atoms with Crippen LogP contribution in [0.3, 0.4) is 0 Å². The topological polar surface area (TPSA) is 52.3 Å². The first-order chi connectivity index (χ1) is 9.19. The molecule has 0 fully saturated rings. The lowest BCUT2D eigenvalue weighted by Gasteiger charge is -2.07. The minimum Gasteiger partial charge on any atom is -0.469 e. The fourth-order valence-corrected chi connectivity index (χ4v) is 2.99. The van der Waals surface area contributed by atoms with Crippen molar-refractivity contribution in [3.63, 3.8) is 0 Å². The second kappa shape index (κ2) is 6.77. The average molecular weight is 297 g/mol. The van der Waals surface area contributed by atoms with Crippen LogP contribution in [-0.4, -0.2) is 23.3 Å². The molecule has 1 unspecified atom stereocenters. The summed E-state index contributed by atoms with van der Waals surface area (Å²) in [5.74, 6) is 1.95. The molecule has 0 aliphatic carbocycles. The maximum Gasteiger partial charge on any atom is 0.306 e. The Morgan fingerprint density at radius 2 is 2.47 bits per heavy atom. The normalized spacial score (nSPS) is 12.3. The van der Waals surface area contributed by atoms with Gasteiger partial charge in [-0.25, -0.2) is 4.98 Å². The van der Waals surface area contributed by atoms with Crippen molar-refractivity contribution in [1.82, 2.24) is 4.98 Å². The van der Waals surface area contributed by atoms with Crippen LogP contribution in [0, 0.1) is 0 Å². The highest BCUT2D eigenvalue weighted by Gasteiger charge is 2.12. The summed E-state index contributed by atoms with van der Waals surface area (Å²) in [5, 5.41) is 2.19. The van der Waals surface area contributed by atoms with Gasteiger partial charge in [-0.3, -0.25) is 4.79 Å². The highest BCUT2D eigenvalue weighted by atomic mass is 32.2. The Balaban J connectivity index is 1.85. The van der Waals surface area contributed by atoms with E-state index < -0.39 is 0 Å². The van der Waals surface area contributed by atoms with E-state index in [4.69, 9.17) is 4.42 Å². The Morgan fingerprint density at radius 3 is 3.16 bits per heavy atom. The molecule has 0 aliphatic heterocycles. The quantitative estimate of drug-likeness (QED) is 0.763. The lowest BCUT2D eigenvalue weighted by Crippen LogP contribution is -2.08. The first kappa shape index (κ1) is 14.1. The molecule has 0 aromatic carbocycles. The summed E-state index contributed by atoms with van der Waals surface area (Å²) >= 11 is 3.25. The first-order valence-corrected chi connectivity index (χ1v) is 7.79. The molecule has 4 nitrogen and oxygen atoms in total. The van der Waals surface area contributed by atoms with E-state index in [9.17, 15) is 4.79 Å². The van der Waals surface area contributed by atoms with Crippen molar-refractivity contribution in [2.75, 3.05) is 7.11 Å². The van der Waals surface area contributed by atoms with Gasteiger partial charge in [-0.05, 0) is 11.4 Å². The summed E-state index contributed by atoms with van der Waals surface area (Å²) in [5.41, 5.74) is 0. The predicted molar refractivity (Wildman–Crippen MR) is 77.2 cm³/mol. The number of nitrogens with zero attached hydrogens (tertiary/aromatic N) is 1. The SMILES string of the molecule is COC(=O)CC(C)SCc1ncc(-c2cccs2)o1. The number of carbonyl (C=O) groups is 1. The third-order valence-corrected chi connectivity index (χ3v) is 4.52. The lowest BCUT2D eigenvalue weighted by molar-refractivity contribution is -0.140. The van der Waals surface area contributed by atoms with E-state index in [0.29, 0.717) is 18.1 Å². The van der Waals surface area contributed by atoms with Gasteiger partial charge in [0.2, 0.25) is 5.89 Å². The van der Waals surface area contributed by atoms with Crippen molar-refractivity contribution in [2.45, 2.75) is 24.3 Å². The van der Waals surface area contributed by atoms with Crippen molar-refractivity contribution < 1.29 is 13.9 Å². The van der Waals surface area contributed by atoms with Gasteiger partial charge in [0.05, 0.1) is 30.4 Å². The Bertz CT molecular complexity index is 522. The molecule has 0 aliphatic rings. The molecule has 0 spiro atoms. The molecule has 1 atom stereocenters. The molecule has 2 aromatic heterocycles. The standard InChI is InChI=1S/C13H15NO3S2/c1-9(6-13(15)16-2)19-8-12-14-7-10(17-12)11-4-3-5-18-11/h3-5,7,9H,6,8H2,1-2H3. The van der Waals surface area contributed by atoms with Crippen molar-refractivity contribution in [2.24, 2.45) is 0 Å². The van der Waals surface area contributed by atoms with E-state index in [1.54, 1.807) is 29.3 Å². The number of methoxy groups -OCH3 is 1. The third-order valence-electron chi connectivity index (χ3n) is 2.49.